The number of rotatable bonds is 7. The van der Waals surface area contributed by atoms with Gasteiger partial charge in [-0.1, -0.05) is 17.7 Å². The van der Waals surface area contributed by atoms with Crippen LogP contribution >= 0.6 is 0 Å². The molecule has 1 aromatic rings. The molecule has 1 aromatic carbocycles. The number of aliphatic imine (C=N–C) groups is 1. The van der Waals surface area contributed by atoms with Crippen LogP contribution in [0.2, 0.25) is 0 Å². The van der Waals surface area contributed by atoms with E-state index in [4.69, 9.17) is 9.47 Å². The second-order valence-corrected chi connectivity index (χ2v) is 6.96. The maximum Gasteiger partial charge on any atom is 0.191 e. The van der Waals surface area contributed by atoms with Crippen LogP contribution in [0.25, 0.3) is 0 Å². The van der Waals surface area contributed by atoms with Gasteiger partial charge >= 0.3 is 0 Å². The fourth-order valence-corrected chi connectivity index (χ4v) is 3.40. The molecule has 2 N–H and O–H groups in total. The van der Waals surface area contributed by atoms with Crippen molar-refractivity contribution in [2.75, 3.05) is 47.0 Å². The molecule has 2 atom stereocenters. The van der Waals surface area contributed by atoms with Gasteiger partial charge in [-0.3, -0.25) is 9.89 Å². The normalized spacial score (nSPS) is 19.9. The smallest absolute Gasteiger partial charge is 0.191 e. The molecule has 1 fully saturated rings. The van der Waals surface area contributed by atoms with Gasteiger partial charge in [-0.25, -0.2) is 0 Å². The Bertz CT molecular complexity index is 591. The molecule has 0 spiro atoms. The fraction of sp³-hybridized carbons (Fsp3) is 0.650. The van der Waals surface area contributed by atoms with E-state index in [2.05, 4.69) is 53.4 Å². The van der Waals surface area contributed by atoms with Crippen molar-refractivity contribution >= 4 is 5.96 Å². The van der Waals surface area contributed by atoms with Gasteiger partial charge in [0.15, 0.2) is 5.96 Å². The second kappa shape index (κ2) is 10.4. The number of benzene rings is 1. The molecule has 6 nitrogen and oxygen atoms in total. The van der Waals surface area contributed by atoms with Gasteiger partial charge < -0.3 is 20.1 Å². The Morgan fingerprint density at radius 1 is 1.42 bits per heavy atom. The van der Waals surface area contributed by atoms with E-state index in [9.17, 15) is 0 Å². The lowest BCUT2D eigenvalue weighted by Crippen LogP contribution is -2.53. The maximum absolute atomic E-state index is 5.52. The summed E-state index contributed by atoms with van der Waals surface area (Å²) >= 11 is 0. The number of nitrogens with one attached hydrogen (secondary N) is 2. The average Bonchev–Trinajstić information content (AvgIpc) is 2.64. The Hall–Kier alpha value is -1.79. The third-order valence-electron chi connectivity index (χ3n) is 4.90. The topological polar surface area (TPSA) is 58.1 Å². The Morgan fingerprint density at radius 3 is 2.92 bits per heavy atom. The summed E-state index contributed by atoms with van der Waals surface area (Å²) in [7, 11) is 3.53. The zero-order chi connectivity index (χ0) is 18.9. The fourth-order valence-electron chi connectivity index (χ4n) is 3.40. The van der Waals surface area contributed by atoms with Crippen LogP contribution in [-0.2, 0) is 11.2 Å². The second-order valence-electron chi connectivity index (χ2n) is 6.96. The van der Waals surface area contributed by atoms with Crippen LogP contribution in [0.5, 0.6) is 5.75 Å². The SMILES string of the molecule is CN=C(NCCc1cc(C)ccc1OC)NCC(C)N1CCOCC1C. The van der Waals surface area contributed by atoms with Crippen LogP contribution < -0.4 is 15.4 Å². The van der Waals surface area contributed by atoms with E-state index in [-0.39, 0.29) is 0 Å². The molecule has 1 aliphatic heterocycles. The number of nitrogens with zero attached hydrogens (tertiary/aromatic N) is 2. The number of hydrogen-bond donors (Lipinski definition) is 2. The van der Waals surface area contributed by atoms with Crippen LogP contribution in [0.4, 0.5) is 0 Å². The van der Waals surface area contributed by atoms with Crippen molar-refractivity contribution in [2.45, 2.75) is 39.3 Å². The van der Waals surface area contributed by atoms with E-state index in [1.807, 2.05) is 13.1 Å². The van der Waals surface area contributed by atoms with Crippen molar-refractivity contribution in [3.05, 3.63) is 29.3 Å². The summed E-state index contributed by atoms with van der Waals surface area (Å²) in [5.41, 5.74) is 2.46. The molecular formula is C20H34N4O2. The Morgan fingerprint density at radius 2 is 2.23 bits per heavy atom. The molecular weight excluding hydrogens is 328 g/mol. The first-order chi connectivity index (χ1) is 12.5. The third kappa shape index (κ3) is 5.88. The lowest BCUT2D eigenvalue weighted by Gasteiger charge is -2.38. The molecule has 0 saturated carbocycles. The summed E-state index contributed by atoms with van der Waals surface area (Å²) in [5.74, 6) is 1.78. The molecule has 0 aromatic heterocycles. The predicted octanol–water partition coefficient (Wildman–Crippen LogP) is 1.82. The van der Waals surface area contributed by atoms with Crippen molar-refractivity contribution < 1.29 is 9.47 Å². The first kappa shape index (κ1) is 20.5. The summed E-state index contributed by atoms with van der Waals surface area (Å²) in [6.45, 7) is 10.9. The highest BCUT2D eigenvalue weighted by molar-refractivity contribution is 5.79. The van der Waals surface area contributed by atoms with E-state index in [0.29, 0.717) is 12.1 Å². The van der Waals surface area contributed by atoms with Crippen molar-refractivity contribution in [1.29, 1.82) is 0 Å². The minimum absolute atomic E-state index is 0.435. The summed E-state index contributed by atoms with van der Waals surface area (Å²) in [6, 6.07) is 7.18. The largest absolute Gasteiger partial charge is 0.496 e. The first-order valence-electron chi connectivity index (χ1n) is 9.46. The van der Waals surface area contributed by atoms with Gasteiger partial charge in [0.05, 0.1) is 20.3 Å². The minimum Gasteiger partial charge on any atom is -0.496 e. The van der Waals surface area contributed by atoms with Crippen LogP contribution in [0.1, 0.15) is 25.0 Å². The molecule has 1 heterocycles. The van der Waals surface area contributed by atoms with E-state index in [1.54, 1.807) is 7.11 Å². The zero-order valence-electron chi connectivity index (χ0n) is 16.8. The number of hydrogen-bond acceptors (Lipinski definition) is 4. The van der Waals surface area contributed by atoms with Gasteiger partial charge in [-0.15, -0.1) is 0 Å². The van der Waals surface area contributed by atoms with Crippen LogP contribution in [0, 0.1) is 6.92 Å². The molecule has 0 radical (unpaired) electrons. The van der Waals surface area contributed by atoms with Crippen LogP contribution in [0.3, 0.4) is 0 Å². The van der Waals surface area contributed by atoms with Gasteiger partial charge in [-0.2, -0.15) is 0 Å². The summed E-state index contributed by atoms with van der Waals surface area (Å²) in [6.07, 6.45) is 0.890. The monoisotopic (exact) mass is 362 g/mol. The Kier molecular flexibility index (Phi) is 8.19. The summed E-state index contributed by atoms with van der Waals surface area (Å²) < 4.78 is 11.0. The quantitative estimate of drug-likeness (QED) is 0.572. The molecule has 26 heavy (non-hydrogen) atoms. The lowest BCUT2D eigenvalue weighted by molar-refractivity contribution is -0.0174. The average molecular weight is 363 g/mol. The highest BCUT2D eigenvalue weighted by Gasteiger charge is 2.23. The van der Waals surface area contributed by atoms with E-state index in [1.165, 1.54) is 11.1 Å². The Labute approximate surface area is 158 Å². The highest BCUT2D eigenvalue weighted by atomic mass is 16.5. The van der Waals surface area contributed by atoms with Crippen molar-refractivity contribution in [2.24, 2.45) is 4.99 Å². The minimum atomic E-state index is 0.435. The molecule has 2 rings (SSSR count). The van der Waals surface area contributed by atoms with Crippen LogP contribution in [-0.4, -0.2) is 69.9 Å². The summed E-state index contributed by atoms with van der Waals surface area (Å²) in [4.78, 5) is 6.82. The molecule has 0 aliphatic carbocycles. The number of guanidine groups is 1. The highest BCUT2D eigenvalue weighted by Crippen LogP contribution is 2.19. The number of morpholine rings is 1. The third-order valence-corrected chi connectivity index (χ3v) is 4.90. The van der Waals surface area contributed by atoms with Gasteiger partial charge in [0.2, 0.25) is 0 Å². The van der Waals surface area contributed by atoms with Crippen molar-refractivity contribution in [3.63, 3.8) is 0 Å². The van der Waals surface area contributed by atoms with Gasteiger partial charge in [0.1, 0.15) is 5.75 Å². The predicted molar refractivity (Wildman–Crippen MR) is 107 cm³/mol. The van der Waals surface area contributed by atoms with Gasteiger partial charge in [0.25, 0.3) is 0 Å². The van der Waals surface area contributed by atoms with Crippen molar-refractivity contribution in [1.82, 2.24) is 15.5 Å². The van der Waals surface area contributed by atoms with Gasteiger partial charge in [0, 0.05) is 38.8 Å². The molecule has 1 saturated heterocycles. The van der Waals surface area contributed by atoms with Gasteiger partial charge in [-0.05, 0) is 38.8 Å². The standard InChI is InChI=1S/C20H34N4O2/c1-15-6-7-19(25-5)18(12-15)8-9-22-20(21-4)23-13-16(2)24-10-11-26-14-17(24)3/h6-7,12,16-17H,8-11,13-14H2,1-5H3,(H2,21,22,23). The number of aryl methyl sites for hydroxylation is 1. The molecule has 0 amide bonds. The van der Waals surface area contributed by atoms with Crippen LogP contribution in [0.15, 0.2) is 23.2 Å². The molecule has 2 unspecified atom stereocenters. The van der Waals surface area contributed by atoms with Crippen molar-refractivity contribution in [3.8, 4) is 5.75 Å². The first-order valence-corrected chi connectivity index (χ1v) is 9.46. The Balaban J connectivity index is 1.78. The zero-order valence-corrected chi connectivity index (χ0v) is 16.8. The molecule has 1 aliphatic rings. The van der Waals surface area contributed by atoms with E-state index >= 15 is 0 Å². The van der Waals surface area contributed by atoms with E-state index in [0.717, 1.165) is 51.0 Å². The maximum atomic E-state index is 5.52. The number of methoxy groups -OCH3 is 1. The molecule has 146 valence electrons. The molecule has 6 heteroatoms. The molecule has 0 bridgehead atoms. The number of ether oxygens (including phenoxy) is 2. The summed E-state index contributed by atoms with van der Waals surface area (Å²) in [5, 5.41) is 6.84. The van der Waals surface area contributed by atoms with E-state index < -0.39 is 0 Å². The lowest BCUT2D eigenvalue weighted by atomic mass is 10.1.